The van der Waals surface area contributed by atoms with Crippen molar-refractivity contribution in [3.05, 3.63) is 67.8 Å². The molecule has 1 aromatic heterocycles. The van der Waals surface area contributed by atoms with Gasteiger partial charge in [0.2, 0.25) is 11.8 Å². The molecule has 4 rings (SSSR count). The molecule has 3 aromatic rings. The second-order valence-electron chi connectivity index (χ2n) is 8.46. The first-order valence-electron chi connectivity index (χ1n) is 11.6. The van der Waals surface area contributed by atoms with Crippen molar-refractivity contribution >= 4 is 58.1 Å². The SMILES string of the molecule is CCn1c(=O)c2cc(NC(=O)[C@@H]3CNC[C@H]3C(=O)Nc3ccc(C#N)c(Cl)c3)ccc2n(CC)c1=O.Cl. The second-order valence-corrected chi connectivity index (χ2v) is 8.87. The quantitative estimate of drug-likeness (QED) is 0.436. The van der Waals surface area contributed by atoms with Gasteiger partial charge in [-0.25, -0.2) is 4.79 Å². The highest BCUT2D eigenvalue weighted by Crippen LogP contribution is 2.25. The maximum atomic E-state index is 13.1. The fraction of sp³-hybridized carbons (Fsp3) is 0.320. The fourth-order valence-electron chi connectivity index (χ4n) is 4.47. The molecule has 2 aromatic carbocycles. The number of amides is 2. The Morgan fingerprint density at radius 3 is 2.11 bits per heavy atom. The molecule has 2 heterocycles. The van der Waals surface area contributed by atoms with E-state index < -0.39 is 17.4 Å². The number of fused-ring (bicyclic) bond motifs is 1. The number of hydrogen-bond donors (Lipinski definition) is 3. The minimum Gasteiger partial charge on any atom is -0.326 e. The summed E-state index contributed by atoms with van der Waals surface area (Å²) < 4.78 is 2.68. The van der Waals surface area contributed by atoms with E-state index in [-0.39, 0.29) is 41.5 Å². The largest absolute Gasteiger partial charge is 0.331 e. The summed E-state index contributed by atoms with van der Waals surface area (Å²) in [7, 11) is 0. The van der Waals surface area contributed by atoms with Crippen molar-refractivity contribution in [2.45, 2.75) is 26.9 Å². The number of carbonyl (C=O) groups excluding carboxylic acids is 2. The van der Waals surface area contributed by atoms with E-state index >= 15 is 0 Å². The molecule has 0 spiro atoms. The van der Waals surface area contributed by atoms with Crippen LogP contribution in [0.4, 0.5) is 11.4 Å². The lowest BCUT2D eigenvalue weighted by Gasteiger charge is -2.18. The predicted molar refractivity (Wildman–Crippen MR) is 144 cm³/mol. The molecule has 12 heteroatoms. The average Bonchev–Trinajstić information content (AvgIpc) is 3.36. The van der Waals surface area contributed by atoms with Gasteiger partial charge in [-0.3, -0.25) is 23.5 Å². The van der Waals surface area contributed by atoms with Crippen LogP contribution in [0.5, 0.6) is 0 Å². The number of halogens is 2. The van der Waals surface area contributed by atoms with Gasteiger partial charge >= 0.3 is 5.69 Å². The summed E-state index contributed by atoms with van der Waals surface area (Å²) in [4.78, 5) is 51.5. The number of aryl methyl sites for hydroxylation is 1. The molecule has 3 N–H and O–H groups in total. The van der Waals surface area contributed by atoms with Crippen LogP contribution in [-0.4, -0.2) is 34.0 Å². The number of nitrogens with zero attached hydrogens (tertiary/aromatic N) is 3. The van der Waals surface area contributed by atoms with Crippen molar-refractivity contribution in [1.82, 2.24) is 14.5 Å². The third-order valence-corrected chi connectivity index (χ3v) is 6.68. The molecular formula is C25H26Cl2N6O4. The molecule has 0 aliphatic carbocycles. The number of nitrogens with one attached hydrogen (secondary N) is 3. The van der Waals surface area contributed by atoms with Gasteiger partial charge in [0, 0.05) is 37.6 Å². The Morgan fingerprint density at radius 2 is 1.57 bits per heavy atom. The summed E-state index contributed by atoms with van der Waals surface area (Å²) >= 11 is 6.05. The van der Waals surface area contributed by atoms with Crippen LogP contribution in [0, 0.1) is 23.2 Å². The molecule has 10 nitrogen and oxygen atoms in total. The van der Waals surface area contributed by atoms with E-state index in [0.29, 0.717) is 47.5 Å². The van der Waals surface area contributed by atoms with Gasteiger partial charge in [-0.05, 0) is 50.2 Å². The topological polar surface area (TPSA) is 138 Å². The molecule has 1 saturated heterocycles. The third kappa shape index (κ3) is 5.39. The molecule has 1 fully saturated rings. The molecular weight excluding hydrogens is 519 g/mol. The zero-order valence-corrected chi connectivity index (χ0v) is 21.8. The van der Waals surface area contributed by atoms with Crippen molar-refractivity contribution in [3.63, 3.8) is 0 Å². The van der Waals surface area contributed by atoms with Crippen LogP contribution in [0.25, 0.3) is 10.9 Å². The maximum absolute atomic E-state index is 13.1. The Hall–Kier alpha value is -3.65. The molecule has 2 atom stereocenters. The monoisotopic (exact) mass is 544 g/mol. The number of nitriles is 1. The fourth-order valence-corrected chi connectivity index (χ4v) is 4.69. The van der Waals surface area contributed by atoms with Gasteiger partial charge in [-0.2, -0.15) is 5.26 Å². The number of anilines is 2. The van der Waals surface area contributed by atoms with Crippen LogP contribution in [0.3, 0.4) is 0 Å². The van der Waals surface area contributed by atoms with Crippen molar-refractivity contribution in [3.8, 4) is 6.07 Å². The molecule has 0 unspecified atom stereocenters. The maximum Gasteiger partial charge on any atom is 0.331 e. The Bertz CT molecular complexity index is 1520. The van der Waals surface area contributed by atoms with Crippen LogP contribution in [0.1, 0.15) is 19.4 Å². The van der Waals surface area contributed by atoms with Crippen molar-refractivity contribution in [2.75, 3.05) is 23.7 Å². The van der Waals surface area contributed by atoms with Crippen LogP contribution >= 0.6 is 24.0 Å². The standard InChI is InChI=1S/C25H25ClN6O4.ClH/c1-3-31-21-8-7-15(9-17(21)24(35)32(4-2)25(31)36)29-22(33)18-12-28-13-19(18)23(34)30-16-6-5-14(11-27)20(26)10-16;/h5-10,18-19,28H,3-4,12-13H2,1-2H3,(H,29,33)(H,30,34);1H/t18-,19-;/m1./s1. The van der Waals surface area contributed by atoms with Gasteiger partial charge in [-0.1, -0.05) is 11.6 Å². The Morgan fingerprint density at radius 1 is 1.00 bits per heavy atom. The number of carbonyl (C=O) groups is 2. The molecule has 0 bridgehead atoms. The first-order chi connectivity index (χ1) is 17.3. The van der Waals surface area contributed by atoms with Crippen LogP contribution < -0.4 is 27.2 Å². The summed E-state index contributed by atoms with van der Waals surface area (Å²) in [5.41, 5.74) is 0.836. The Labute approximate surface area is 223 Å². The number of hydrogen-bond acceptors (Lipinski definition) is 6. The molecule has 1 aliphatic heterocycles. The third-order valence-electron chi connectivity index (χ3n) is 6.37. The molecule has 0 radical (unpaired) electrons. The summed E-state index contributed by atoms with van der Waals surface area (Å²) in [6.45, 7) is 4.81. The van der Waals surface area contributed by atoms with Gasteiger partial charge in [0.1, 0.15) is 6.07 Å². The number of aromatic nitrogens is 2. The van der Waals surface area contributed by atoms with Gasteiger partial charge in [0.25, 0.3) is 5.56 Å². The lowest BCUT2D eigenvalue weighted by Crippen LogP contribution is -2.39. The van der Waals surface area contributed by atoms with Crippen molar-refractivity contribution in [1.29, 1.82) is 5.26 Å². The van der Waals surface area contributed by atoms with Gasteiger partial charge in [0.05, 0.1) is 33.3 Å². The minimum absolute atomic E-state index is 0. The summed E-state index contributed by atoms with van der Waals surface area (Å²) in [5.74, 6) is -2.00. The van der Waals surface area contributed by atoms with E-state index in [1.54, 1.807) is 31.2 Å². The lowest BCUT2D eigenvalue weighted by molar-refractivity contribution is -0.127. The second kappa shape index (κ2) is 11.6. The van der Waals surface area contributed by atoms with E-state index in [9.17, 15) is 19.2 Å². The predicted octanol–water partition coefficient (Wildman–Crippen LogP) is 2.56. The number of rotatable bonds is 6. The highest BCUT2D eigenvalue weighted by molar-refractivity contribution is 6.32. The van der Waals surface area contributed by atoms with Crippen molar-refractivity contribution < 1.29 is 9.59 Å². The summed E-state index contributed by atoms with van der Waals surface area (Å²) in [5, 5.41) is 18.2. The van der Waals surface area contributed by atoms with E-state index in [2.05, 4.69) is 16.0 Å². The Kier molecular flexibility index (Phi) is 8.76. The minimum atomic E-state index is -0.647. The smallest absolute Gasteiger partial charge is 0.326 e. The highest BCUT2D eigenvalue weighted by atomic mass is 35.5. The number of benzene rings is 2. The molecule has 37 heavy (non-hydrogen) atoms. The van der Waals surface area contributed by atoms with E-state index in [1.807, 2.05) is 13.0 Å². The lowest BCUT2D eigenvalue weighted by atomic mass is 9.94. The van der Waals surface area contributed by atoms with Gasteiger partial charge in [-0.15, -0.1) is 12.4 Å². The van der Waals surface area contributed by atoms with Gasteiger partial charge < -0.3 is 16.0 Å². The molecule has 2 amide bonds. The first kappa shape index (κ1) is 27.9. The van der Waals surface area contributed by atoms with E-state index in [0.717, 1.165) is 4.57 Å². The Balaban J connectivity index is 0.00000380. The van der Waals surface area contributed by atoms with E-state index in [1.165, 1.54) is 16.7 Å². The van der Waals surface area contributed by atoms with Crippen LogP contribution in [-0.2, 0) is 22.7 Å². The zero-order chi connectivity index (χ0) is 26.0. The van der Waals surface area contributed by atoms with Crippen LogP contribution in [0.2, 0.25) is 5.02 Å². The zero-order valence-electron chi connectivity index (χ0n) is 20.2. The average molecular weight is 545 g/mol. The summed E-state index contributed by atoms with van der Waals surface area (Å²) in [6, 6.07) is 11.4. The van der Waals surface area contributed by atoms with E-state index in [4.69, 9.17) is 16.9 Å². The van der Waals surface area contributed by atoms with Gasteiger partial charge in [0.15, 0.2) is 0 Å². The molecule has 0 saturated carbocycles. The molecule has 1 aliphatic rings. The highest BCUT2D eigenvalue weighted by Gasteiger charge is 2.38. The molecule has 194 valence electrons. The first-order valence-corrected chi connectivity index (χ1v) is 12.0. The normalized spacial score (nSPS) is 16.6. The van der Waals surface area contributed by atoms with Crippen LogP contribution in [0.15, 0.2) is 46.0 Å². The van der Waals surface area contributed by atoms with Crippen molar-refractivity contribution in [2.24, 2.45) is 11.8 Å². The summed E-state index contributed by atoms with van der Waals surface area (Å²) in [6.07, 6.45) is 0.